The Morgan fingerprint density at radius 3 is 2.60 bits per heavy atom. The molecule has 2 N–H and O–H groups in total. The Balaban J connectivity index is 2.18. The highest BCUT2D eigenvalue weighted by molar-refractivity contribution is 9.10. The number of halogens is 1. The van der Waals surface area contributed by atoms with Crippen molar-refractivity contribution in [2.24, 2.45) is 0 Å². The molecule has 110 valence electrons. The first kappa shape index (κ1) is 15.3. The van der Waals surface area contributed by atoms with E-state index in [4.69, 9.17) is 15.2 Å². The van der Waals surface area contributed by atoms with Crippen molar-refractivity contribution >= 4 is 27.6 Å². The maximum absolute atomic E-state index is 12.3. The molecule has 1 aromatic carbocycles. The van der Waals surface area contributed by atoms with Crippen molar-refractivity contribution in [1.82, 2.24) is 0 Å². The normalized spacial score (nSPS) is 23.6. The average molecular weight is 342 g/mol. The molecule has 20 heavy (non-hydrogen) atoms. The molecule has 1 saturated heterocycles. The molecule has 0 radical (unpaired) electrons. The number of rotatable bonds is 2. The summed E-state index contributed by atoms with van der Waals surface area (Å²) in [4.78, 5) is 12.3. The van der Waals surface area contributed by atoms with Crippen molar-refractivity contribution in [2.45, 2.75) is 51.4 Å². The first-order valence-corrected chi connectivity index (χ1v) is 7.37. The lowest BCUT2D eigenvalue weighted by molar-refractivity contribution is -0.0924. The van der Waals surface area contributed by atoms with Gasteiger partial charge in [0.15, 0.2) is 0 Å². The van der Waals surface area contributed by atoms with Gasteiger partial charge in [-0.2, -0.15) is 0 Å². The van der Waals surface area contributed by atoms with E-state index in [1.807, 2.05) is 27.7 Å². The van der Waals surface area contributed by atoms with E-state index in [0.717, 1.165) is 0 Å². The second kappa shape index (κ2) is 5.04. The van der Waals surface area contributed by atoms with E-state index in [0.29, 0.717) is 22.1 Å². The zero-order chi connectivity index (χ0) is 15.1. The number of anilines is 1. The van der Waals surface area contributed by atoms with Gasteiger partial charge in [0.2, 0.25) is 0 Å². The second-order valence-electron chi connectivity index (χ2n) is 6.27. The summed E-state index contributed by atoms with van der Waals surface area (Å²) in [6.07, 6.45) is 0.393. The van der Waals surface area contributed by atoms with Crippen LogP contribution in [0.15, 0.2) is 22.7 Å². The van der Waals surface area contributed by atoms with E-state index in [2.05, 4.69) is 15.9 Å². The molecule has 0 aliphatic carbocycles. The van der Waals surface area contributed by atoms with Crippen LogP contribution in [-0.2, 0) is 9.47 Å². The van der Waals surface area contributed by atoms with Gasteiger partial charge < -0.3 is 15.2 Å². The van der Waals surface area contributed by atoms with Crippen LogP contribution in [0.1, 0.15) is 44.5 Å². The molecule has 0 amide bonds. The Morgan fingerprint density at radius 2 is 2.05 bits per heavy atom. The van der Waals surface area contributed by atoms with Gasteiger partial charge in [-0.15, -0.1) is 0 Å². The monoisotopic (exact) mass is 341 g/mol. The maximum Gasteiger partial charge on any atom is 0.339 e. The van der Waals surface area contributed by atoms with E-state index in [1.165, 1.54) is 0 Å². The van der Waals surface area contributed by atoms with Crippen LogP contribution in [-0.4, -0.2) is 23.3 Å². The van der Waals surface area contributed by atoms with Crippen LogP contribution in [0.4, 0.5) is 5.69 Å². The molecule has 0 bridgehead atoms. The first-order chi connectivity index (χ1) is 9.12. The standard InChI is InChI=1S/C15H20BrNO3/c1-14(2)8-11(15(3,4)20-14)19-13(18)9-6-5-7-10(17)12(9)16/h5-7,11H,8,17H2,1-4H3. The van der Waals surface area contributed by atoms with Gasteiger partial charge >= 0.3 is 5.97 Å². The molecule has 1 aromatic rings. The summed E-state index contributed by atoms with van der Waals surface area (Å²) in [5.41, 5.74) is 5.95. The molecule has 4 nitrogen and oxygen atoms in total. The minimum absolute atomic E-state index is 0.279. The first-order valence-electron chi connectivity index (χ1n) is 6.57. The summed E-state index contributed by atoms with van der Waals surface area (Å²) >= 11 is 3.32. The van der Waals surface area contributed by atoms with Crippen molar-refractivity contribution in [3.8, 4) is 0 Å². The quantitative estimate of drug-likeness (QED) is 0.660. The third kappa shape index (κ3) is 2.99. The number of esters is 1. The smallest absolute Gasteiger partial charge is 0.339 e. The Morgan fingerprint density at radius 1 is 1.40 bits per heavy atom. The van der Waals surface area contributed by atoms with Crippen molar-refractivity contribution in [1.29, 1.82) is 0 Å². The molecule has 1 atom stereocenters. The van der Waals surface area contributed by atoms with Crippen LogP contribution < -0.4 is 5.73 Å². The van der Waals surface area contributed by atoms with Crippen LogP contribution in [0.3, 0.4) is 0 Å². The molecule has 1 fully saturated rings. The topological polar surface area (TPSA) is 61.5 Å². The van der Waals surface area contributed by atoms with E-state index in [-0.39, 0.29) is 17.7 Å². The van der Waals surface area contributed by atoms with Gasteiger partial charge in [0.1, 0.15) is 11.7 Å². The van der Waals surface area contributed by atoms with Gasteiger partial charge in [0.25, 0.3) is 0 Å². The lowest BCUT2D eigenvalue weighted by Crippen LogP contribution is -2.36. The molecule has 2 rings (SSSR count). The van der Waals surface area contributed by atoms with Crippen molar-refractivity contribution in [3.63, 3.8) is 0 Å². The number of carbonyl (C=O) groups is 1. The lowest BCUT2D eigenvalue weighted by atomic mass is 9.97. The summed E-state index contributed by atoms with van der Waals surface area (Å²) in [5, 5.41) is 0. The molecule has 5 heteroatoms. The van der Waals surface area contributed by atoms with Gasteiger partial charge in [-0.05, 0) is 55.8 Å². The minimum Gasteiger partial charge on any atom is -0.456 e. The van der Waals surface area contributed by atoms with Crippen molar-refractivity contribution in [2.75, 3.05) is 5.73 Å². The Labute approximate surface area is 127 Å². The average Bonchev–Trinajstić information content (AvgIpc) is 2.50. The van der Waals surface area contributed by atoms with Crippen LogP contribution in [0.5, 0.6) is 0 Å². The largest absolute Gasteiger partial charge is 0.456 e. The van der Waals surface area contributed by atoms with Crippen LogP contribution in [0, 0.1) is 0 Å². The number of hydrogen-bond acceptors (Lipinski definition) is 4. The number of ether oxygens (including phenoxy) is 2. The number of benzene rings is 1. The third-order valence-corrected chi connectivity index (χ3v) is 4.37. The maximum atomic E-state index is 12.3. The summed E-state index contributed by atoms with van der Waals surface area (Å²) in [5.74, 6) is -0.386. The van der Waals surface area contributed by atoms with E-state index < -0.39 is 5.60 Å². The summed E-state index contributed by atoms with van der Waals surface area (Å²) in [7, 11) is 0. The third-order valence-electron chi connectivity index (χ3n) is 3.49. The highest BCUT2D eigenvalue weighted by Crippen LogP contribution is 2.39. The minimum atomic E-state index is -0.494. The summed E-state index contributed by atoms with van der Waals surface area (Å²) in [6, 6.07) is 5.15. The van der Waals surface area contributed by atoms with Crippen molar-refractivity contribution in [3.05, 3.63) is 28.2 Å². The summed E-state index contributed by atoms with van der Waals surface area (Å²) < 4.78 is 12.1. The predicted molar refractivity (Wildman–Crippen MR) is 81.6 cm³/mol. The van der Waals surface area contributed by atoms with E-state index in [1.54, 1.807) is 18.2 Å². The summed E-state index contributed by atoms with van der Waals surface area (Å²) in [6.45, 7) is 7.88. The highest BCUT2D eigenvalue weighted by Gasteiger charge is 2.48. The molecule has 0 spiro atoms. The number of hydrogen-bond donors (Lipinski definition) is 1. The lowest BCUT2D eigenvalue weighted by Gasteiger charge is -2.26. The molecule has 1 aliphatic rings. The van der Waals surface area contributed by atoms with E-state index in [9.17, 15) is 4.79 Å². The fraction of sp³-hybridized carbons (Fsp3) is 0.533. The molecular weight excluding hydrogens is 322 g/mol. The Bertz CT molecular complexity index is 540. The molecular formula is C15H20BrNO3. The SMILES string of the molecule is CC1(C)CC(OC(=O)c2cccc(N)c2Br)C(C)(C)O1. The molecule has 1 heterocycles. The van der Waals surface area contributed by atoms with Crippen LogP contribution in [0.25, 0.3) is 0 Å². The van der Waals surface area contributed by atoms with Crippen LogP contribution in [0.2, 0.25) is 0 Å². The zero-order valence-electron chi connectivity index (χ0n) is 12.2. The molecule has 0 saturated carbocycles. The number of carbonyl (C=O) groups excluding carboxylic acids is 1. The molecule has 1 aliphatic heterocycles. The van der Waals surface area contributed by atoms with Gasteiger partial charge in [-0.25, -0.2) is 4.79 Å². The fourth-order valence-electron chi connectivity index (χ4n) is 2.60. The number of nitrogens with two attached hydrogens (primary N) is 1. The van der Waals surface area contributed by atoms with Crippen LogP contribution >= 0.6 is 15.9 Å². The highest BCUT2D eigenvalue weighted by atomic mass is 79.9. The van der Waals surface area contributed by atoms with E-state index >= 15 is 0 Å². The van der Waals surface area contributed by atoms with Gasteiger partial charge in [0.05, 0.1) is 15.6 Å². The Kier molecular flexibility index (Phi) is 3.86. The van der Waals surface area contributed by atoms with Gasteiger partial charge in [-0.3, -0.25) is 0 Å². The number of nitrogen functional groups attached to an aromatic ring is 1. The predicted octanol–water partition coefficient (Wildman–Crippen LogP) is 3.53. The van der Waals surface area contributed by atoms with Gasteiger partial charge in [-0.1, -0.05) is 6.07 Å². The van der Waals surface area contributed by atoms with Crippen molar-refractivity contribution < 1.29 is 14.3 Å². The van der Waals surface area contributed by atoms with Gasteiger partial charge in [0, 0.05) is 12.1 Å². The fourth-order valence-corrected chi connectivity index (χ4v) is 3.02. The molecule has 0 aromatic heterocycles. The zero-order valence-corrected chi connectivity index (χ0v) is 13.8. The Hall–Kier alpha value is -1.07. The molecule has 1 unspecified atom stereocenters. The second-order valence-corrected chi connectivity index (χ2v) is 7.07.